The first-order valence-electron chi connectivity index (χ1n) is 10.3. The zero-order valence-corrected chi connectivity index (χ0v) is 17.5. The number of halogens is 1. The van der Waals surface area contributed by atoms with E-state index >= 15 is 0 Å². The van der Waals surface area contributed by atoms with Crippen LogP contribution in [0.25, 0.3) is 11.1 Å². The summed E-state index contributed by atoms with van der Waals surface area (Å²) in [5.74, 6) is 0.551. The third-order valence-electron chi connectivity index (χ3n) is 6.15. The second-order valence-corrected chi connectivity index (χ2v) is 8.15. The molecule has 7 heteroatoms. The zero-order valence-electron chi connectivity index (χ0n) is 17.5. The molecular formula is C24H24FN5O. The number of carbonyl (C=O) groups is 1. The number of aliphatic imine (C=N–C) groups is 1. The van der Waals surface area contributed by atoms with Crippen LogP contribution in [0.2, 0.25) is 0 Å². The number of carbonyl (C=O) groups excluding carboxylic acids is 1. The predicted octanol–water partition coefficient (Wildman–Crippen LogP) is 3.70. The van der Waals surface area contributed by atoms with Gasteiger partial charge >= 0.3 is 0 Å². The Bertz CT molecular complexity index is 1210. The number of fused-ring (bicyclic) bond motifs is 2. The summed E-state index contributed by atoms with van der Waals surface area (Å²) in [5.41, 5.74) is 12.2. The lowest BCUT2D eigenvalue weighted by Crippen LogP contribution is -2.30. The lowest BCUT2D eigenvalue weighted by atomic mass is 9.99. The average Bonchev–Trinajstić information content (AvgIpc) is 3.39. The van der Waals surface area contributed by atoms with Gasteiger partial charge in [-0.25, -0.2) is 4.39 Å². The highest BCUT2D eigenvalue weighted by molar-refractivity contribution is 5.97. The molecule has 2 aliphatic rings. The molecule has 0 fully saturated rings. The fourth-order valence-electron chi connectivity index (χ4n) is 4.49. The number of rotatable bonds is 3. The van der Waals surface area contributed by atoms with Crippen LogP contribution < -0.4 is 15.5 Å². The summed E-state index contributed by atoms with van der Waals surface area (Å²) in [4.78, 5) is 24.3. The van der Waals surface area contributed by atoms with Crippen LogP contribution in [-0.2, 0) is 17.6 Å². The number of benzene rings is 2. The molecule has 0 aliphatic carbocycles. The number of nitrogens with two attached hydrogens (primary N) is 1. The van der Waals surface area contributed by atoms with E-state index in [1.807, 2.05) is 30.3 Å². The standard InChI is InChI=1S/C24H24FN5O/c1-14-4-3-5-17(22(14)25)11-20(31)30-9-8-16-10-15(6-7-19(16)30)18-12-27-24-21(18)23(26)28-13-29(24)2/h3-7,10,12-13,23,27H,8-9,11,26H2,1-2H3. The Morgan fingerprint density at radius 3 is 3.00 bits per heavy atom. The summed E-state index contributed by atoms with van der Waals surface area (Å²) in [5, 5.41) is 0. The summed E-state index contributed by atoms with van der Waals surface area (Å²) >= 11 is 0. The van der Waals surface area contributed by atoms with E-state index in [-0.39, 0.29) is 18.1 Å². The normalized spacial score (nSPS) is 17.1. The lowest BCUT2D eigenvalue weighted by molar-refractivity contribution is -0.117. The van der Waals surface area contributed by atoms with E-state index in [1.54, 1.807) is 36.4 Å². The fraction of sp³-hybridized carbons (Fsp3) is 0.250. The van der Waals surface area contributed by atoms with Gasteiger partial charge < -0.3 is 20.5 Å². The van der Waals surface area contributed by atoms with Gasteiger partial charge in [-0.05, 0) is 47.7 Å². The molecule has 1 atom stereocenters. The van der Waals surface area contributed by atoms with Crippen molar-refractivity contribution in [1.82, 2.24) is 4.98 Å². The van der Waals surface area contributed by atoms with Crippen LogP contribution in [0.4, 0.5) is 15.9 Å². The third-order valence-corrected chi connectivity index (χ3v) is 6.15. The second-order valence-electron chi connectivity index (χ2n) is 8.15. The summed E-state index contributed by atoms with van der Waals surface area (Å²) in [7, 11) is 1.93. The molecule has 0 saturated carbocycles. The molecule has 6 nitrogen and oxygen atoms in total. The Labute approximate surface area is 180 Å². The van der Waals surface area contributed by atoms with Crippen LogP contribution in [0, 0.1) is 12.7 Å². The van der Waals surface area contributed by atoms with Crippen molar-refractivity contribution in [3.8, 4) is 11.1 Å². The van der Waals surface area contributed by atoms with Gasteiger partial charge in [0.1, 0.15) is 17.8 Å². The van der Waals surface area contributed by atoms with Gasteiger partial charge in [-0.2, -0.15) is 0 Å². The summed E-state index contributed by atoms with van der Waals surface area (Å²) in [6, 6.07) is 11.3. The molecule has 0 spiro atoms. The van der Waals surface area contributed by atoms with Gasteiger partial charge in [0.15, 0.2) is 0 Å². The molecule has 1 aromatic heterocycles. The minimum absolute atomic E-state index is 0.0548. The van der Waals surface area contributed by atoms with E-state index in [0.29, 0.717) is 17.7 Å². The number of aromatic nitrogens is 1. The molecule has 2 aliphatic heterocycles. The van der Waals surface area contributed by atoms with Crippen molar-refractivity contribution in [3.63, 3.8) is 0 Å². The Morgan fingerprint density at radius 2 is 2.16 bits per heavy atom. The monoisotopic (exact) mass is 417 g/mol. The number of amides is 1. The van der Waals surface area contributed by atoms with Crippen LogP contribution in [-0.4, -0.2) is 30.8 Å². The van der Waals surface area contributed by atoms with Crippen LogP contribution >= 0.6 is 0 Å². The van der Waals surface area contributed by atoms with Gasteiger partial charge in [0.2, 0.25) is 5.91 Å². The van der Waals surface area contributed by atoms with Crippen molar-refractivity contribution in [2.24, 2.45) is 10.7 Å². The largest absolute Gasteiger partial charge is 0.347 e. The quantitative estimate of drug-likeness (QED) is 0.682. The molecule has 31 heavy (non-hydrogen) atoms. The number of nitrogens with zero attached hydrogens (tertiary/aromatic N) is 3. The number of aryl methyl sites for hydroxylation is 1. The van der Waals surface area contributed by atoms with Crippen molar-refractivity contribution in [3.05, 3.63) is 70.7 Å². The van der Waals surface area contributed by atoms with Gasteiger partial charge in [-0.1, -0.05) is 24.3 Å². The number of aromatic amines is 1. The first kappa shape index (κ1) is 19.5. The molecule has 3 aromatic rings. The van der Waals surface area contributed by atoms with Crippen LogP contribution in [0.3, 0.4) is 0 Å². The smallest absolute Gasteiger partial charge is 0.231 e. The van der Waals surface area contributed by atoms with Crippen molar-refractivity contribution in [2.45, 2.75) is 25.9 Å². The Hall–Kier alpha value is -3.45. The molecule has 0 bridgehead atoms. The average molecular weight is 417 g/mol. The van der Waals surface area contributed by atoms with Gasteiger partial charge in [0.05, 0.1) is 12.8 Å². The summed E-state index contributed by atoms with van der Waals surface area (Å²) < 4.78 is 14.4. The van der Waals surface area contributed by atoms with Gasteiger partial charge in [0, 0.05) is 36.6 Å². The number of anilines is 2. The molecule has 2 aromatic carbocycles. The van der Waals surface area contributed by atoms with E-state index in [9.17, 15) is 9.18 Å². The third kappa shape index (κ3) is 3.21. The van der Waals surface area contributed by atoms with Crippen molar-refractivity contribution < 1.29 is 9.18 Å². The Balaban J connectivity index is 1.42. The van der Waals surface area contributed by atoms with E-state index in [4.69, 9.17) is 5.73 Å². The van der Waals surface area contributed by atoms with Crippen molar-refractivity contribution in [1.29, 1.82) is 0 Å². The number of hydrogen-bond donors (Lipinski definition) is 2. The first-order valence-corrected chi connectivity index (χ1v) is 10.3. The molecular weight excluding hydrogens is 393 g/mol. The van der Waals surface area contributed by atoms with E-state index in [2.05, 4.69) is 16.0 Å². The molecule has 1 amide bonds. The maximum Gasteiger partial charge on any atom is 0.231 e. The van der Waals surface area contributed by atoms with Gasteiger partial charge in [-0.3, -0.25) is 9.79 Å². The van der Waals surface area contributed by atoms with Gasteiger partial charge in [0.25, 0.3) is 0 Å². The zero-order chi connectivity index (χ0) is 21.7. The summed E-state index contributed by atoms with van der Waals surface area (Å²) in [6.45, 7) is 2.31. The minimum atomic E-state index is -0.414. The molecule has 0 saturated heterocycles. The fourth-order valence-corrected chi connectivity index (χ4v) is 4.49. The first-order chi connectivity index (χ1) is 14.9. The summed E-state index contributed by atoms with van der Waals surface area (Å²) in [6.07, 6.45) is 4.08. The Kier molecular flexibility index (Phi) is 4.63. The van der Waals surface area contributed by atoms with Crippen LogP contribution in [0.1, 0.15) is 28.4 Å². The number of H-pyrrole nitrogens is 1. The van der Waals surface area contributed by atoms with E-state index in [1.165, 1.54) is 0 Å². The number of hydrogen-bond acceptors (Lipinski definition) is 4. The maximum absolute atomic E-state index is 14.4. The molecule has 3 N–H and O–H groups in total. The highest BCUT2D eigenvalue weighted by atomic mass is 19.1. The van der Waals surface area contributed by atoms with Crippen LogP contribution in [0.5, 0.6) is 0 Å². The number of nitrogens with one attached hydrogen (secondary N) is 1. The maximum atomic E-state index is 14.4. The van der Waals surface area contributed by atoms with E-state index in [0.717, 1.165) is 40.2 Å². The Morgan fingerprint density at radius 1 is 1.32 bits per heavy atom. The molecule has 158 valence electrons. The van der Waals surface area contributed by atoms with E-state index < -0.39 is 6.17 Å². The van der Waals surface area contributed by atoms with Crippen molar-refractivity contribution >= 4 is 23.8 Å². The minimum Gasteiger partial charge on any atom is -0.347 e. The van der Waals surface area contributed by atoms with Crippen LogP contribution in [0.15, 0.2) is 47.6 Å². The second kappa shape index (κ2) is 7.35. The molecule has 3 heterocycles. The predicted molar refractivity (Wildman–Crippen MR) is 121 cm³/mol. The highest BCUT2D eigenvalue weighted by Crippen LogP contribution is 2.39. The SMILES string of the molecule is Cc1cccc(CC(=O)N2CCc3cc(-c4c[nH]c5c4C(N)N=CN5C)ccc32)c1F. The molecule has 5 rings (SSSR count). The topological polar surface area (TPSA) is 77.7 Å². The molecule has 0 radical (unpaired) electrons. The lowest BCUT2D eigenvalue weighted by Gasteiger charge is -2.22. The highest BCUT2D eigenvalue weighted by Gasteiger charge is 2.28. The van der Waals surface area contributed by atoms with Gasteiger partial charge in [-0.15, -0.1) is 0 Å². The van der Waals surface area contributed by atoms with Crippen molar-refractivity contribution in [2.75, 3.05) is 23.4 Å². The molecule has 1 unspecified atom stereocenters.